The molecule has 2 saturated heterocycles. The summed E-state index contributed by atoms with van der Waals surface area (Å²) < 4.78 is 19.4. The molecule has 7 atom stereocenters. The van der Waals surface area contributed by atoms with Crippen LogP contribution in [0.15, 0.2) is 10.2 Å². The molecule has 2 aliphatic rings. The quantitative estimate of drug-likeness (QED) is 0.512. The second-order valence-electron chi connectivity index (χ2n) is 6.62. The Kier molecular flexibility index (Phi) is 6.71. The zero-order chi connectivity index (χ0) is 16.3. The van der Waals surface area contributed by atoms with E-state index in [2.05, 4.69) is 53.5 Å². The number of carbonyl (C=O) groups is 1. The maximum Gasteiger partial charge on any atom is 0.308 e. The lowest BCUT2D eigenvalue weighted by Gasteiger charge is -2.49. The van der Waals surface area contributed by atoms with E-state index in [0.29, 0.717) is 24.2 Å². The molecule has 0 radical (unpaired) electrons. The lowest BCUT2D eigenvalue weighted by atomic mass is 9.75. The number of fused-ring (bicyclic) bond motifs is 1. The third-order valence-corrected chi connectivity index (χ3v) is 5.62. The van der Waals surface area contributed by atoms with Gasteiger partial charge < -0.3 is 14.2 Å². The van der Waals surface area contributed by atoms with Gasteiger partial charge in [-0.25, -0.2) is 0 Å². The lowest BCUT2D eigenvalue weighted by molar-refractivity contribution is -0.233. The van der Waals surface area contributed by atoms with Crippen LogP contribution in [0.25, 0.3) is 0 Å². The molecule has 0 bridgehead atoms. The van der Waals surface area contributed by atoms with Gasteiger partial charge in [-0.15, -0.1) is 0 Å². The minimum atomic E-state index is -0.195. The molecule has 126 valence electrons. The zero-order valence-electron chi connectivity index (χ0n) is 13.8. The molecule has 5 heteroatoms. The van der Waals surface area contributed by atoms with Gasteiger partial charge in [0.05, 0.1) is 37.9 Å². The molecule has 2 heterocycles. The Morgan fingerprint density at radius 1 is 1.32 bits per heavy atom. The first kappa shape index (κ1) is 18.2. The molecule has 2 fully saturated rings. The number of carbonyl (C=O) groups excluding carboxylic acids is 1. The van der Waals surface area contributed by atoms with E-state index in [9.17, 15) is 4.79 Å². The van der Waals surface area contributed by atoms with Crippen molar-refractivity contribution in [3.8, 4) is 0 Å². The maximum atomic E-state index is 11.5. The summed E-state index contributed by atoms with van der Waals surface area (Å²) in [6.45, 7) is 6.71. The van der Waals surface area contributed by atoms with E-state index >= 15 is 0 Å². The highest BCUT2D eigenvalue weighted by atomic mass is 127. The van der Waals surface area contributed by atoms with Crippen molar-refractivity contribution in [2.45, 2.75) is 64.4 Å². The molecule has 4 nitrogen and oxygen atoms in total. The van der Waals surface area contributed by atoms with Gasteiger partial charge in [0, 0.05) is 5.92 Å². The van der Waals surface area contributed by atoms with E-state index in [0.717, 1.165) is 12.8 Å². The van der Waals surface area contributed by atoms with Gasteiger partial charge in [-0.1, -0.05) is 49.4 Å². The number of hydrogen-bond acceptors (Lipinski definition) is 4. The Labute approximate surface area is 147 Å². The average Bonchev–Trinajstić information content (AvgIpc) is 2.51. The van der Waals surface area contributed by atoms with E-state index in [1.807, 2.05) is 0 Å². The molecule has 0 aromatic carbocycles. The number of methoxy groups -OCH3 is 1. The molecule has 0 unspecified atom stereocenters. The van der Waals surface area contributed by atoms with Crippen molar-refractivity contribution in [2.75, 3.05) is 7.11 Å². The summed E-state index contributed by atoms with van der Waals surface area (Å²) in [6, 6.07) is 0. The van der Waals surface area contributed by atoms with Gasteiger partial charge in [0.15, 0.2) is 0 Å². The van der Waals surface area contributed by atoms with Crippen LogP contribution < -0.4 is 0 Å². The molecule has 0 N–H and O–H groups in total. The second-order valence-corrected chi connectivity index (χ2v) is 7.33. The highest BCUT2D eigenvalue weighted by Gasteiger charge is 2.46. The fraction of sp³-hybridized carbons (Fsp3) is 0.824. The van der Waals surface area contributed by atoms with Crippen LogP contribution >= 0.6 is 22.6 Å². The molecule has 0 saturated carbocycles. The molecular formula is C17H27IO4. The number of halogens is 1. The highest BCUT2D eigenvalue weighted by molar-refractivity contribution is 14.1. The van der Waals surface area contributed by atoms with E-state index in [4.69, 9.17) is 14.2 Å². The Bertz CT molecular complexity index is 409. The van der Waals surface area contributed by atoms with E-state index in [1.165, 1.54) is 7.11 Å². The molecular weight excluding hydrogens is 395 g/mol. The van der Waals surface area contributed by atoms with Gasteiger partial charge in [0.1, 0.15) is 0 Å². The average molecular weight is 422 g/mol. The Hall–Kier alpha value is -0.140. The summed E-state index contributed by atoms with van der Waals surface area (Å²) in [4.78, 5) is 11.5. The van der Waals surface area contributed by atoms with Gasteiger partial charge in [0.25, 0.3) is 0 Å². The van der Waals surface area contributed by atoms with Crippen molar-refractivity contribution in [1.82, 2.24) is 0 Å². The van der Waals surface area contributed by atoms with Crippen molar-refractivity contribution in [2.24, 2.45) is 17.8 Å². The zero-order valence-corrected chi connectivity index (χ0v) is 16.0. The maximum absolute atomic E-state index is 11.5. The number of hydrogen-bond donors (Lipinski definition) is 0. The Morgan fingerprint density at radius 3 is 2.68 bits per heavy atom. The SMILES string of the molecule is COC(=O)C[C@H]1CC[C@@H]2O[C@@H]([C@@H](C)/C=C/I)[C@@H](C)[C@@H](C)[C@H]2O1. The van der Waals surface area contributed by atoms with Gasteiger partial charge >= 0.3 is 5.97 Å². The highest BCUT2D eigenvalue weighted by Crippen LogP contribution is 2.41. The molecule has 0 aromatic heterocycles. The summed E-state index contributed by atoms with van der Waals surface area (Å²) in [5, 5.41) is 0. The molecule has 0 spiro atoms. The third kappa shape index (κ3) is 4.03. The van der Waals surface area contributed by atoms with Crippen LogP contribution in [0.1, 0.15) is 40.0 Å². The smallest absolute Gasteiger partial charge is 0.308 e. The van der Waals surface area contributed by atoms with E-state index < -0.39 is 0 Å². The van der Waals surface area contributed by atoms with Crippen molar-refractivity contribution in [3.63, 3.8) is 0 Å². The molecule has 2 aliphatic heterocycles. The van der Waals surface area contributed by atoms with Crippen LogP contribution in [-0.4, -0.2) is 37.5 Å². The summed E-state index contributed by atoms with van der Waals surface area (Å²) in [5.41, 5.74) is 0. The van der Waals surface area contributed by atoms with Crippen LogP contribution in [-0.2, 0) is 19.0 Å². The third-order valence-electron chi connectivity index (χ3n) is 5.20. The normalized spacial score (nSPS) is 40.2. The van der Waals surface area contributed by atoms with Gasteiger partial charge in [-0.2, -0.15) is 0 Å². The first-order valence-corrected chi connectivity index (χ1v) is 9.37. The van der Waals surface area contributed by atoms with Gasteiger partial charge in [-0.05, 0) is 28.8 Å². The summed E-state index contributed by atoms with van der Waals surface area (Å²) in [6.07, 6.45) is 4.82. The first-order chi connectivity index (χ1) is 10.5. The predicted octanol–water partition coefficient (Wildman–Crippen LogP) is 3.72. The number of esters is 1. The van der Waals surface area contributed by atoms with Crippen LogP contribution in [0.5, 0.6) is 0 Å². The topological polar surface area (TPSA) is 44.8 Å². The van der Waals surface area contributed by atoms with E-state index in [-0.39, 0.29) is 30.4 Å². The fourth-order valence-corrected chi connectivity index (χ4v) is 4.33. The fourth-order valence-electron chi connectivity index (χ4n) is 3.67. The standard InChI is InChI=1S/C17H27IO4/c1-10(7-8-18)16-11(2)12(3)17-14(22-16)6-5-13(21-17)9-15(19)20-4/h7-8,10-14,16-17H,5-6,9H2,1-4H3/b8-7+/t10-,11-,12+,13+,14-,16-,17+/m0/s1. The molecule has 0 aromatic rings. The van der Waals surface area contributed by atoms with Crippen LogP contribution in [0.4, 0.5) is 0 Å². The van der Waals surface area contributed by atoms with Crippen molar-refractivity contribution in [3.05, 3.63) is 10.2 Å². The summed E-state index contributed by atoms with van der Waals surface area (Å²) in [5.74, 6) is 1.07. The summed E-state index contributed by atoms with van der Waals surface area (Å²) >= 11 is 2.26. The minimum absolute atomic E-state index is 0.0323. The molecule has 0 aliphatic carbocycles. The van der Waals surface area contributed by atoms with Crippen molar-refractivity contribution >= 4 is 28.6 Å². The minimum Gasteiger partial charge on any atom is -0.469 e. The summed E-state index contributed by atoms with van der Waals surface area (Å²) in [7, 11) is 1.43. The monoisotopic (exact) mass is 422 g/mol. The van der Waals surface area contributed by atoms with Crippen LogP contribution in [0.3, 0.4) is 0 Å². The Morgan fingerprint density at radius 2 is 2.05 bits per heavy atom. The Balaban J connectivity index is 2.02. The molecule has 2 rings (SSSR count). The van der Waals surface area contributed by atoms with Crippen molar-refractivity contribution in [1.29, 1.82) is 0 Å². The van der Waals surface area contributed by atoms with Gasteiger partial charge in [0.2, 0.25) is 0 Å². The molecule has 22 heavy (non-hydrogen) atoms. The number of ether oxygens (including phenoxy) is 3. The second kappa shape index (κ2) is 8.11. The first-order valence-electron chi connectivity index (χ1n) is 8.12. The van der Waals surface area contributed by atoms with Crippen molar-refractivity contribution < 1.29 is 19.0 Å². The molecule has 0 amide bonds. The lowest BCUT2D eigenvalue weighted by Crippen LogP contribution is -2.55. The predicted molar refractivity (Wildman–Crippen MR) is 93.8 cm³/mol. The van der Waals surface area contributed by atoms with Crippen LogP contribution in [0.2, 0.25) is 0 Å². The van der Waals surface area contributed by atoms with Crippen LogP contribution in [0, 0.1) is 17.8 Å². The largest absolute Gasteiger partial charge is 0.469 e. The van der Waals surface area contributed by atoms with Gasteiger partial charge in [-0.3, -0.25) is 4.79 Å². The van der Waals surface area contributed by atoms with E-state index in [1.54, 1.807) is 0 Å². The number of rotatable bonds is 4.